The van der Waals surface area contributed by atoms with Crippen LogP contribution in [0, 0.1) is 29.0 Å². The first-order chi connectivity index (χ1) is 15.9. The summed E-state index contributed by atoms with van der Waals surface area (Å²) in [6, 6.07) is 11.6. The first-order valence-corrected chi connectivity index (χ1v) is 10.8. The lowest BCUT2D eigenvalue weighted by atomic mass is 9.73. The maximum Gasteiger partial charge on any atom is 0.254 e. The quantitative estimate of drug-likeness (QED) is 0.517. The van der Waals surface area contributed by atoms with Crippen molar-refractivity contribution < 1.29 is 13.6 Å². The number of rotatable bonds is 7. The Morgan fingerprint density at radius 2 is 1.97 bits per heavy atom. The SMILES string of the molecule is N#CCC1(n2cc(C(N)=O)c(Nc3ccnc(F)c3)n2)CCC(Cc2ccc(F)cc2)CC1. The van der Waals surface area contributed by atoms with Crippen LogP contribution in [0.1, 0.15) is 48.0 Å². The minimum Gasteiger partial charge on any atom is -0.365 e. The molecule has 1 aromatic carbocycles. The number of primary amides is 1. The number of anilines is 2. The summed E-state index contributed by atoms with van der Waals surface area (Å²) >= 11 is 0. The highest BCUT2D eigenvalue weighted by molar-refractivity contribution is 5.98. The van der Waals surface area contributed by atoms with Crippen molar-refractivity contribution in [3.63, 3.8) is 0 Å². The average molecular weight is 450 g/mol. The number of aromatic nitrogens is 3. The first kappa shape index (κ1) is 22.4. The lowest BCUT2D eigenvalue weighted by Crippen LogP contribution is -2.38. The number of hydrogen-bond acceptors (Lipinski definition) is 5. The summed E-state index contributed by atoms with van der Waals surface area (Å²) in [5, 5.41) is 17.0. The molecule has 3 aromatic rings. The third-order valence-corrected chi connectivity index (χ3v) is 6.34. The van der Waals surface area contributed by atoms with Gasteiger partial charge in [-0.2, -0.15) is 14.8 Å². The summed E-state index contributed by atoms with van der Waals surface area (Å²) in [7, 11) is 0. The molecule has 0 bridgehead atoms. The molecule has 1 aliphatic rings. The average Bonchev–Trinajstić information content (AvgIpc) is 3.22. The van der Waals surface area contributed by atoms with Gasteiger partial charge in [0.15, 0.2) is 5.82 Å². The minimum absolute atomic E-state index is 0.165. The molecule has 0 atom stereocenters. The predicted octanol–water partition coefficient (Wildman–Crippen LogP) is 4.44. The zero-order valence-electron chi connectivity index (χ0n) is 18.0. The molecule has 1 aliphatic carbocycles. The van der Waals surface area contributed by atoms with Crippen molar-refractivity contribution in [1.29, 1.82) is 5.26 Å². The molecule has 33 heavy (non-hydrogen) atoms. The fourth-order valence-electron chi connectivity index (χ4n) is 4.51. The molecule has 2 heterocycles. The molecular weight excluding hydrogens is 426 g/mol. The van der Waals surface area contributed by atoms with Crippen LogP contribution in [-0.2, 0) is 12.0 Å². The van der Waals surface area contributed by atoms with Crippen molar-refractivity contribution in [3.05, 3.63) is 71.7 Å². The van der Waals surface area contributed by atoms with E-state index in [4.69, 9.17) is 5.73 Å². The highest BCUT2D eigenvalue weighted by Crippen LogP contribution is 2.41. The minimum atomic E-state index is -0.671. The standard InChI is InChI=1S/C24H24F2N6O/c25-18-3-1-16(2-4-18)13-17-5-8-24(9-6-17,10-11-27)32-15-20(22(28)33)23(31-32)30-19-7-12-29-21(26)14-19/h1-4,7,12,14-15,17H,5-6,8-10,13H2,(H2,28,33)(H,29,30,31). The van der Waals surface area contributed by atoms with E-state index in [1.165, 1.54) is 24.4 Å². The van der Waals surface area contributed by atoms with Gasteiger partial charge in [-0.25, -0.2) is 9.37 Å². The van der Waals surface area contributed by atoms with Crippen molar-refractivity contribution >= 4 is 17.4 Å². The van der Waals surface area contributed by atoms with E-state index in [9.17, 15) is 18.8 Å². The molecule has 1 fully saturated rings. The molecule has 0 unspecified atom stereocenters. The van der Waals surface area contributed by atoms with Gasteiger partial charge in [0.05, 0.1) is 18.0 Å². The van der Waals surface area contributed by atoms with Gasteiger partial charge >= 0.3 is 0 Å². The van der Waals surface area contributed by atoms with Crippen molar-refractivity contribution in [2.75, 3.05) is 5.32 Å². The van der Waals surface area contributed by atoms with Gasteiger partial charge in [0.1, 0.15) is 11.4 Å². The van der Waals surface area contributed by atoms with Gasteiger partial charge in [-0.3, -0.25) is 9.48 Å². The second-order valence-corrected chi connectivity index (χ2v) is 8.53. The number of nitrogens with one attached hydrogen (secondary N) is 1. The van der Waals surface area contributed by atoms with Crippen LogP contribution >= 0.6 is 0 Å². The van der Waals surface area contributed by atoms with Gasteiger partial charge in [-0.1, -0.05) is 12.1 Å². The first-order valence-electron chi connectivity index (χ1n) is 10.8. The summed E-state index contributed by atoms with van der Waals surface area (Å²) in [5.74, 6) is -0.973. The largest absolute Gasteiger partial charge is 0.365 e. The molecule has 0 spiro atoms. The van der Waals surface area contributed by atoms with Crippen LogP contribution < -0.4 is 11.1 Å². The summed E-state index contributed by atoms with van der Waals surface area (Å²) in [5.41, 5.74) is 6.63. The monoisotopic (exact) mass is 450 g/mol. The van der Waals surface area contributed by atoms with E-state index in [1.807, 2.05) is 0 Å². The van der Waals surface area contributed by atoms with Crippen LogP contribution in [0.25, 0.3) is 0 Å². The summed E-state index contributed by atoms with van der Waals surface area (Å²) in [6.07, 6.45) is 7.09. The Hall–Kier alpha value is -3.80. The van der Waals surface area contributed by atoms with Crippen LogP contribution in [0.3, 0.4) is 0 Å². The molecule has 0 saturated heterocycles. The van der Waals surface area contributed by atoms with Crippen molar-refractivity contribution in [3.8, 4) is 6.07 Å². The van der Waals surface area contributed by atoms with Gasteiger partial charge in [0, 0.05) is 24.1 Å². The third-order valence-electron chi connectivity index (χ3n) is 6.34. The number of carbonyl (C=O) groups is 1. The summed E-state index contributed by atoms with van der Waals surface area (Å²) < 4.78 is 28.3. The molecule has 1 amide bonds. The Kier molecular flexibility index (Phi) is 6.36. The molecule has 0 aliphatic heterocycles. The Labute approximate surface area is 190 Å². The topological polar surface area (TPSA) is 110 Å². The van der Waals surface area contributed by atoms with Crippen LogP contribution in [-0.4, -0.2) is 20.7 Å². The second kappa shape index (κ2) is 9.36. The number of pyridine rings is 1. The molecule has 7 nitrogen and oxygen atoms in total. The van der Waals surface area contributed by atoms with Gasteiger partial charge in [0.2, 0.25) is 5.95 Å². The fraction of sp³-hybridized carbons (Fsp3) is 0.333. The van der Waals surface area contributed by atoms with E-state index in [2.05, 4.69) is 21.5 Å². The maximum absolute atomic E-state index is 13.5. The lowest BCUT2D eigenvalue weighted by molar-refractivity contribution is 0.1000. The zero-order chi connectivity index (χ0) is 23.4. The predicted molar refractivity (Wildman–Crippen MR) is 118 cm³/mol. The molecular formula is C24H24F2N6O. The Morgan fingerprint density at radius 1 is 1.24 bits per heavy atom. The third kappa shape index (κ3) is 5.00. The zero-order valence-corrected chi connectivity index (χ0v) is 18.0. The normalized spacial score (nSPS) is 20.2. The summed E-state index contributed by atoms with van der Waals surface area (Å²) in [4.78, 5) is 15.6. The Balaban J connectivity index is 1.55. The van der Waals surface area contributed by atoms with E-state index < -0.39 is 17.4 Å². The number of carbonyl (C=O) groups excluding carboxylic acids is 1. The maximum atomic E-state index is 13.5. The number of halogens is 2. The molecule has 9 heteroatoms. The Bertz CT molecular complexity index is 1180. The molecule has 4 rings (SSSR count). The van der Waals surface area contributed by atoms with E-state index in [0.717, 1.165) is 24.8 Å². The molecule has 1 saturated carbocycles. The van der Waals surface area contributed by atoms with E-state index in [1.54, 1.807) is 29.1 Å². The molecule has 0 radical (unpaired) electrons. The van der Waals surface area contributed by atoms with E-state index in [0.29, 0.717) is 24.4 Å². The second-order valence-electron chi connectivity index (χ2n) is 8.53. The van der Waals surface area contributed by atoms with Crippen molar-refractivity contribution in [2.45, 2.75) is 44.1 Å². The van der Waals surface area contributed by atoms with Gasteiger partial charge in [-0.05, 0) is 61.8 Å². The highest BCUT2D eigenvalue weighted by atomic mass is 19.1. The summed E-state index contributed by atoms with van der Waals surface area (Å²) in [6.45, 7) is 0. The van der Waals surface area contributed by atoms with Crippen LogP contribution in [0.2, 0.25) is 0 Å². The number of amides is 1. The lowest BCUT2D eigenvalue weighted by Gasteiger charge is -2.39. The number of nitrogens with two attached hydrogens (primary N) is 1. The number of hydrogen-bond donors (Lipinski definition) is 2. The fourth-order valence-corrected chi connectivity index (χ4v) is 4.51. The Morgan fingerprint density at radius 3 is 2.61 bits per heavy atom. The number of benzene rings is 1. The van der Waals surface area contributed by atoms with Crippen LogP contribution in [0.5, 0.6) is 0 Å². The smallest absolute Gasteiger partial charge is 0.254 e. The molecule has 170 valence electrons. The molecule has 2 aromatic heterocycles. The van der Waals surface area contributed by atoms with Crippen LogP contribution in [0.4, 0.5) is 20.3 Å². The van der Waals surface area contributed by atoms with Gasteiger partial charge < -0.3 is 11.1 Å². The van der Waals surface area contributed by atoms with Crippen molar-refractivity contribution in [1.82, 2.24) is 14.8 Å². The van der Waals surface area contributed by atoms with E-state index in [-0.39, 0.29) is 23.6 Å². The van der Waals surface area contributed by atoms with E-state index >= 15 is 0 Å². The van der Waals surface area contributed by atoms with Crippen molar-refractivity contribution in [2.24, 2.45) is 11.7 Å². The number of nitriles is 1. The van der Waals surface area contributed by atoms with Gasteiger partial charge in [0.25, 0.3) is 5.91 Å². The van der Waals surface area contributed by atoms with Gasteiger partial charge in [-0.15, -0.1) is 0 Å². The highest BCUT2D eigenvalue weighted by Gasteiger charge is 2.38. The molecule has 3 N–H and O–H groups in total. The van der Waals surface area contributed by atoms with Crippen LogP contribution in [0.15, 0.2) is 48.8 Å². The number of nitrogens with zero attached hydrogens (tertiary/aromatic N) is 4.